The Kier molecular flexibility index (Phi) is 5.68. The molecule has 0 aromatic heterocycles. The van der Waals surface area contributed by atoms with Gasteiger partial charge >= 0.3 is 0 Å². The topological polar surface area (TPSA) is 60.0 Å². The Bertz CT molecular complexity index is 582. The van der Waals surface area contributed by atoms with Gasteiger partial charge in [-0.3, -0.25) is 4.79 Å². The highest BCUT2D eigenvalue weighted by Gasteiger charge is 2.25. The van der Waals surface area contributed by atoms with Gasteiger partial charge < -0.3 is 24.4 Å². The second kappa shape index (κ2) is 7.95. The van der Waals surface area contributed by atoms with Crippen LogP contribution in [-0.4, -0.2) is 57.8 Å². The van der Waals surface area contributed by atoms with Crippen LogP contribution < -0.4 is 19.5 Å². The van der Waals surface area contributed by atoms with Crippen LogP contribution in [0.1, 0.15) is 36.0 Å². The number of carbonyl (C=O) groups is 1. The Balaban J connectivity index is 1.72. The number of hydrogen-bond acceptors (Lipinski definition) is 5. The first kappa shape index (κ1) is 17.9. The zero-order valence-corrected chi connectivity index (χ0v) is 15.3. The van der Waals surface area contributed by atoms with Crippen molar-refractivity contribution in [1.29, 1.82) is 0 Å². The fourth-order valence-corrected chi connectivity index (χ4v) is 3.06. The summed E-state index contributed by atoms with van der Waals surface area (Å²) in [5.41, 5.74) is 0.534. The van der Waals surface area contributed by atoms with Gasteiger partial charge in [0.05, 0.1) is 20.8 Å². The molecule has 0 radical (unpaired) electrons. The van der Waals surface area contributed by atoms with Crippen LogP contribution in [0.3, 0.4) is 0 Å². The van der Waals surface area contributed by atoms with E-state index < -0.39 is 0 Å². The number of amides is 1. The van der Waals surface area contributed by atoms with E-state index in [0.717, 1.165) is 25.9 Å². The molecule has 1 aliphatic carbocycles. The van der Waals surface area contributed by atoms with Crippen molar-refractivity contribution in [2.75, 3.05) is 41.0 Å². The van der Waals surface area contributed by atoms with E-state index in [-0.39, 0.29) is 11.9 Å². The summed E-state index contributed by atoms with van der Waals surface area (Å²) >= 11 is 0. The Morgan fingerprint density at radius 3 is 2.24 bits per heavy atom. The SMILES string of the molecule is COc1cc(C(=O)NC2CCN(C)CC2)cc(OC)c1OCC1CC1. The fourth-order valence-electron chi connectivity index (χ4n) is 3.06. The molecule has 1 heterocycles. The molecule has 3 rings (SSSR count). The van der Waals surface area contributed by atoms with Gasteiger partial charge in [-0.15, -0.1) is 0 Å². The van der Waals surface area contributed by atoms with Gasteiger partial charge in [-0.2, -0.15) is 0 Å². The number of piperidine rings is 1. The van der Waals surface area contributed by atoms with Gasteiger partial charge in [0.1, 0.15) is 0 Å². The smallest absolute Gasteiger partial charge is 0.251 e. The summed E-state index contributed by atoms with van der Waals surface area (Å²) in [6.45, 7) is 2.67. The summed E-state index contributed by atoms with van der Waals surface area (Å²) < 4.78 is 16.8. The molecule has 1 saturated carbocycles. The Labute approximate surface area is 149 Å². The molecule has 138 valence electrons. The van der Waals surface area contributed by atoms with Crippen molar-refractivity contribution < 1.29 is 19.0 Å². The number of rotatable bonds is 7. The van der Waals surface area contributed by atoms with Crippen molar-refractivity contribution in [2.45, 2.75) is 31.7 Å². The van der Waals surface area contributed by atoms with E-state index in [0.29, 0.717) is 35.3 Å². The third-order valence-electron chi connectivity index (χ3n) is 4.94. The van der Waals surface area contributed by atoms with Gasteiger partial charge in [0.25, 0.3) is 5.91 Å². The minimum Gasteiger partial charge on any atom is -0.493 e. The second-order valence-electron chi connectivity index (χ2n) is 7.02. The number of hydrogen-bond donors (Lipinski definition) is 1. The maximum absolute atomic E-state index is 12.6. The highest BCUT2D eigenvalue weighted by molar-refractivity contribution is 5.95. The van der Waals surface area contributed by atoms with Gasteiger partial charge in [0.2, 0.25) is 5.75 Å². The number of benzene rings is 1. The fraction of sp³-hybridized carbons (Fsp3) is 0.632. The lowest BCUT2D eigenvalue weighted by atomic mass is 10.0. The summed E-state index contributed by atoms with van der Waals surface area (Å²) in [6.07, 6.45) is 4.36. The second-order valence-corrected chi connectivity index (χ2v) is 7.02. The largest absolute Gasteiger partial charge is 0.493 e. The predicted molar refractivity (Wildman–Crippen MR) is 95.8 cm³/mol. The number of ether oxygens (including phenoxy) is 3. The lowest BCUT2D eigenvalue weighted by Gasteiger charge is -2.29. The summed E-state index contributed by atoms with van der Waals surface area (Å²) in [5.74, 6) is 2.18. The molecule has 0 spiro atoms. The van der Waals surface area contributed by atoms with E-state index in [9.17, 15) is 4.79 Å². The zero-order valence-electron chi connectivity index (χ0n) is 15.3. The number of methoxy groups -OCH3 is 2. The van der Waals surface area contributed by atoms with Crippen LogP contribution in [-0.2, 0) is 0 Å². The number of likely N-dealkylation sites (tertiary alicyclic amines) is 1. The monoisotopic (exact) mass is 348 g/mol. The van der Waals surface area contributed by atoms with Crippen molar-refractivity contribution in [3.05, 3.63) is 17.7 Å². The first-order valence-corrected chi connectivity index (χ1v) is 8.99. The Hall–Kier alpha value is -1.95. The Morgan fingerprint density at radius 2 is 1.72 bits per heavy atom. The third-order valence-corrected chi connectivity index (χ3v) is 4.94. The maximum Gasteiger partial charge on any atom is 0.251 e. The molecule has 1 saturated heterocycles. The van der Waals surface area contributed by atoms with E-state index in [1.54, 1.807) is 26.4 Å². The van der Waals surface area contributed by atoms with Crippen LogP contribution in [0.5, 0.6) is 17.2 Å². The van der Waals surface area contributed by atoms with E-state index in [2.05, 4.69) is 17.3 Å². The molecule has 0 unspecified atom stereocenters. The molecule has 2 fully saturated rings. The van der Waals surface area contributed by atoms with Gasteiger partial charge in [0, 0.05) is 11.6 Å². The summed E-state index contributed by atoms with van der Waals surface area (Å²) in [6, 6.07) is 3.68. The van der Waals surface area contributed by atoms with Crippen molar-refractivity contribution in [1.82, 2.24) is 10.2 Å². The first-order valence-electron chi connectivity index (χ1n) is 8.99. The molecule has 1 aromatic rings. The van der Waals surface area contributed by atoms with E-state index in [1.807, 2.05) is 0 Å². The van der Waals surface area contributed by atoms with E-state index in [4.69, 9.17) is 14.2 Å². The molecular formula is C19H28N2O4. The average Bonchev–Trinajstić information content (AvgIpc) is 3.45. The van der Waals surface area contributed by atoms with Crippen LogP contribution in [0.15, 0.2) is 12.1 Å². The third kappa shape index (κ3) is 4.57. The molecule has 25 heavy (non-hydrogen) atoms. The number of carbonyl (C=O) groups excluding carboxylic acids is 1. The van der Waals surface area contributed by atoms with Crippen molar-refractivity contribution in [3.8, 4) is 17.2 Å². The molecule has 6 heteroatoms. The molecule has 6 nitrogen and oxygen atoms in total. The summed E-state index contributed by atoms with van der Waals surface area (Å²) in [5, 5.41) is 3.12. The molecule has 2 aliphatic rings. The van der Waals surface area contributed by atoms with Crippen molar-refractivity contribution >= 4 is 5.91 Å². The quantitative estimate of drug-likeness (QED) is 0.819. The van der Waals surface area contributed by atoms with Crippen molar-refractivity contribution in [2.24, 2.45) is 5.92 Å². The highest BCUT2D eigenvalue weighted by atomic mass is 16.5. The van der Waals surface area contributed by atoms with Crippen LogP contribution in [0, 0.1) is 5.92 Å². The minimum atomic E-state index is -0.0973. The van der Waals surface area contributed by atoms with Gasteiger partial charge in [-0.25, -0.2) is 0 Å². The van der Waals surface area contributed by atoms with Crippen LogP contribution in [0.4, 0.5) is 0 Å². The molecule has 1 aromatic carbocycles. The van der Waals surface area contributed by atoms with E-state index >= 15 is 0 Å². The molecule has 0 bridgehead atoms. The highest BCUT2D eigenvalue weighted by Crippen LogP contribution is 2.40. The van der Waals surface area contributed by atoms with Crippen LogP contribution in [0.25, 0.3) is 0 Å². The lowest BCUT2D eigenvalue weighted by molar-refractivity contribution is 0.0916. The minimum absolute atomic E-state index is 0.0973. The van der Waals surface area contributed by atoms with Gasteiger partial charge in [-0.1, -0.05) is 0 Å². The lowest BCUT2D eigenvalue weighted by Crippen LogP contribution is -2.43. The van der Waals surface area contributed by atoms with Gasteiger partial charge in [-0.05, 0) is 63.9 Å². The van der Waals surface area contributed by atoms with Crippen LogP contribution >= 0.6 is 0 Å². The summed E-state index contributed by atoms with van der Waals surface area (Å²) in [4.78, 5) is 14.9. The Morgan fingerprint density at radius 1 is 1.12 bits per heavy atom. The molecule has 1 N–H and O–H groups in total. The number of nitrogens with one attached hydrogen (secondary N) is 1. The first-order chi connectivity index (χ1) is 12.1. The molecule has 1 amide bonds. The normalized spacial score (nSPS) is 18.7. The molecule has 0 atom stereocenters. The predicted octanol–water partition coefficient (Wildman–Crippen LogP) is 2.32. The standard InChI is InChI=1S/C19H28N2O4/c1-21-8-6-15(7-9-21)20-19(22)14-10-16(23-2)18(17(11-14)24-3)25-12-13-4-5-13/h10-11,13,15H,4-9,12H2,1-3H3,(H,20,22). The van der Waals surface area contributed by atoms with Gasteiger partial charge in [0.15, 0.2) is 11.5 Å². The molecule has 1 aliphatic heterocycles. The number of nitrogens with zero attached hydrogens (tertiary/aromatic N) is 1. The van der Waals surface area contributed by atoms with E-state index in [1.165, 1.54) is 12.8 Å². The van der Waals surface area contributed by atoms with Crippen molar-refractivity contribution in [3.63, 3.8) is 0 Å². The maximum atomic E-state index is 12.6. The molecular weight excluding hydrogens is 320 g/mol. The summed E-state index contributed by atoms with van der Waals surface area (Å²) in [7, 11) is 5.27. The average molecular weight is 348 g/mol. The zero-order chi connectivity index (χ0) is 17.8. The van der Waals surface area contributed by atoms with Crippen LogP contribution in [0.2, 0.25) is 0 Å².